The zero-order chi connectivity index (χ0) is 14.4. The summed E-state index contributed by atoms with van der Waals surface area (Å²) in [5.74, 6) is 0. The van der Waals surface area contributed by atoms with E-state index in [1.807, 2.05) is 0 Å². The van der Waals surface area contributed by atoms with Gasteiger partial charge in [0, 0.05) is 13.7 Å². The molecule has 0 saturated heterocycles. The van der Waals surface area contributed by atoms with E-state index in [9.17, 15) is 4.79 Å². The summed E-state index contributed by atoms with van der Waals surface area (Å²) < 4.78 is 6.24. The van der Waals surface area contributed by atoms with Crippen LogP contribution in [0.5, 0.6) is 0 Å². The first-order valence-electron chi connectivity index (χ1n) is 6.88. The summed E-state index contributed by atoms with van der Waals surface area (Å²) in [6, 6.07) is 0. The maximum Gasteiger partial charge on any atom is 0.287 e. The second-order valence-electron chi connectivity index (χ2n) is 4.82. The van der Waals surface area contributed by atoms with Crippen molar-refractivity contribution in [3.05, 3.63) is 33.2 Å². The van der Waals surface area contributed by atoms with Gasteiger partial charge in [0.15, 0.2) is 0 Å². The van der Waals surface area contributed by atoms with Crippen molar-refractivity contribution < 1.29 is 4.74 Å². The molecule has 0 spiro atoms. The fourth-order valence-corrected chi connectivity index (χ4v) is 2.46. The van der Waals surface area contributed by atoms with Crippen LogP contribution >= 0.6 is 11.6 Å². The molecule has 20 heavy (non-hydrogen) atoms. The number of hydrogen-bond donors (Lipinski definition) is 1. The van der Waals surface area contributed by atoms with Gasteiger partial charge in [0.2, 0.25) is 0 Å². The molecule has 1 heterocycles. The molecule has 5 nitrogen and oxygen atoms in total. The van der Waals surface area contributed by atoms with Crippen molar-refractivity contribution in [1.29, 1.82) is 0 Å². The van der Waals surface area contributed by atoms with E-state index in [1.54, 1.807) is 13.3 Å². The van der Waals surface area contributed by atoms with E-state index in [0.29, 0.717) is 18.8 Å². The monoisotopic (exact) mass is 297 g/mol. The maximum absolute atomic E-state index is 12.0. The summed E-state index contributed by atoms with van der Waals surface area (Å²) in [5.41, 5.74) is 1.80. The highest BCUT2D eigenvalue weighted by Gasteiger charge is 2.09. The predicted octanol–water partition coefficient (Wildman–Crippen LogP) is 2.46. The molecule has 0 saturated carbocycles. The molecule has 0 fully saturated rings. The SMILES string of the molecule is COCCn1ncc(NCCC2=CCCC2)c(Cl)c1=O. The average molecular weight is 298 g/mol. The second kappa shape index (κ2) is 7.45. The lowest BCUT2D eigenvalue weighted by molar-refractivity contribution is 0.182. The van der Waals surface area contributed by atoms with Crippen LogP contribution in [-0.2, 0) is 11.3 Å². The van der Waals surface area contributed by atoms with Crippen LogP contribution in [0.4, 0.5) is 5.69 Å². The molecule has 0 atom stereocenters. The number of halogens is 1. The minimum atomic E-state index is -0.284. The van der Waals surface area contributed by atoms with E-state index >= 15 is 0 Å². The van der Waals surface area contributed by atoms with Crippen LogP contribution in [0.3, 0.4) is 0 Å². The van der Waals surface area contributed by atoms with Gasteiger partial charge in [-0.25, -0.2) is 4.68 Å². The van der Waals surface area contributed by atoms with Crippen LogP contribution in [0.2, 0.25) is 5.02 Å². The number of aromatic nitrogens is 2. The fraction of sp³-hybridized carbons (Fsp3) is 0.571. The molecule has 1 N–H and O–H groups in total. The topological polar surface area (TPSA) is 56.1 Å². The quantitative estimate of drug-likeness (QED) is 0.786. The standard InChI is InChI=1S/C14H20ClN3O2/c1-20-9-8-18-14(19)13(15)12(10-17-18)16-7-6-11-4-2-3-5-11/h4,10,16H,2-3,5-9H2,1H3. The van der Waals surface area contributed by atoms with Crippen molar-refractivity contribution in [3.63, 3.8) is 0 Å². The summed E-state index contributed by atoms with van der Waals surface area (Å²) in [6.07, 6.45) is 8.52. The van der Waals surface area contributed by atoms with Crippen LogP contribution in [0.25, 0.3) is 0 Å². The summed E-state index contributed by atoms with van der Waals surface area (Å²) in [7, 11) is 1.58. The Labute approximate surface area is 123 Å². The molecular weight excluding hydrogens is 278 g/mol. The lowest BCUT2D eigenvalue weighted by Crippen LogP contribution is -2.26. The van der Waals surface area contributed by atoms with Crippen molar-refractivity contribution >= 4 is 17.3 Å². The van der Waals surface area contributed by atoms with Gasteiger partial charge in [-0.1, -0.05) is 23.3 Å². The summed E-state index contributed by atoms with van der Waals surface area (Å²) >= 11 is 6.08. The van der Waals surface area contributed by atoms with Gasteiger partial charge < -0.3 is 10.1 Å². The highest BCUT2D eigenvalue weighted by molar-refractivity contribution is 6.32. The second-order valence-corrected chi connectivity index (χ2v) is 5.20. The maximum atomic E-state index is 12.0. The minimum Gasteiger partial charge on any atom is -0.383 e. The number of rotatable bonds is 7. The van der Waals surface area contributed by atoms with Crippen LogP contribution in [0.15, 0.2) is 22.6 Å². The first kappa shape index (κ1) is 15.1. The van der Waals surface area contributed by atoms with E-state index in [-0.39, 0.29) is 10.6 Å². The Morgan fingerprint density at radius 2 is 2.40 bits per heavy atom. The summed E-state index contributed by atoms with van der Waals surface area (Å²) in [5, 5.41) is 7.46. The van der Waals surface area contributed by atoms with Gasteiger partial charge in [-0.05, 0) is 25.7 Å². The van der Waals surface area contributed by atoms with Crippen LogP contribution < -0.4 is 10.9 Å². The Morgan fingerprint density at radius 3 is 3.10 bits per heavy atom. The van der Waals surface area contributed by atoms with E-state index < -0.39 is 0 Å². The van der Waals surface area contributed by atoms with Gasteiger partial charge in [-0.15, -0.1) is 0 Å². The number of allylic oxidation sites excluding steroid dienone is 1. The van der Waals surface area contributed by atoms with Crippen molar-refractivity contribution in [2.24, 2.45) is 0 Å². The number of ether oxygens (including phenoxy) is 1. The zero-order valence-corrected chi connectivity index (χ0v) is 12.4. The molecule has 2 rings (SSSR count). The number of hydrogen-bond acceptors (Lipinski definition) is 4. The van der Waals surface area contributed by atoms with Crippen molar-refractivity contribution in [3.8, 4) is 0 Å². The number of nitrogens with one attached hydrogen (secondary N) is 1. The van der Waals surface area contributed by atoms with Crippen LogP contribution in [0.1, 0.15) is 25.7 Å². The molecule has 1 aliphatic rings. The van der Waals surface area contributed by atoms with Gasteiger partial charge in [-0.3, -0.25) is 4.79 Å². The Hall–Kier alpha value is -1.33. The molecule has 1 aliphatic carbocycles. The van der Waals surface area contributed by atoms with Gasteiger partial charge in [0.1, 0.15) is 5.02 Å². The van der Waals surface area contributed by atoms with Crippen LogP contribution in [0, 0.1) is 0 Å². The smallest absolute Gasteiger partial charge is 0.287 e. The fourth-order valence-electron chi connectivity index (χ4n) is 2.25. The third-order valence-electron chi connectivity index (χ3n) is 3.39. The molecule has 0 unspecified atom stereocenters. The first-order valence-corrected chi connectivity index (χ1v) is 7.26. The number of nitrogens with zero attached hydrogens (tertiary/aromatic N) is 2. The zero-order valence-electron chi connectivity index (χ0n) is 11.7. The Balaban J connectivity index is 1.94. The van der Waals surface area contributed by atoms with Gasteiger partial charge in [0.25, 0.3) is 5.56 Å². The van der Waals surface area contributed by atoms with E-state index in [4.69, 9.17) is 16.3 Å². The number of anilines is 1. The lowest BCUT2D eigenvalue weighted by Gasteiger charge is -2.10. The molecule has 6 heteroatoms. The summed E-state index contributed by atoms with van der Waals surface area (Å²) in [6.45, 7) is 1.61. The first-order chi connectivity index (χ1) is 9.72. The third kappa shape index (κ3) is 3.84. The molecular formula is C14H20ClN3O2. The lowest BCUT2D eigenvalue weighted by atomic mass is 10.2. The average Bonchev–Trinajstić information content (AvgIpc) is 2.96. The highest BCUT2D eigenvalue weighted by Crippen LogP contribution is 2.21. The van der Waals surface area contributed by atoms with Crippen molar-refractivity contribution in [1.82, 2.24) is 9.78 Å². The van der Waals surface area contributed by atoms with E-state index in [2.05, 4.69) is 16.5 Å². The van der Waals surface area contributed by atoms with E-state index in [0.717, 1.165) is 13.0 Å². The molecule has 1 aromatic rings. The van der Waals surface area contributed by atoms with Gasteiger partial charge in [-0.2, -0.15) is 5.10 Å². The molecule has 110 valence electrons. The molecule has 0 bridgehead atoms. The Morgan fingerprint density at radius 1 is 1.55 bits per heavy atom. The molecule has 1 aromatic heterocycles. The third-order valence-corrected chi connectivity index (χ3v) is 3.75. The normalized spacial score (nSPS) is 14.4. The number of methoxy groups -OCH3 is 1. The molecule has 0 aliphatic heterocycles. The Kier molecular flexibility index (Phi) is 5.61. The van der Waals surface area contributed by atoms with Crippen molar-refractivity contribution in [2.45, 2.75) is 32.2 Å². The van der Waals surface area contributed by atoms with E-state index in [1.165, 1.54) is 29.5 Å². The largest absolute Gasteiger partial charge is 0.383 e. The minimum absolute atomic E-state index is 0.191. The molecule has 0 amide bonds. The van der Waals surface area contributed by atoms with Gasteiger partial charge in [0.05, 0.1) is 25.0 Å². The summed E-state index contributed by atoms with van der Waals surface area (Å²) in [4.78, 5) is 12.0. The van der Waals surface area contributed by atoms with Crippen LogP contribution in [-0.4, -0.2) is 30.0 Å². The Bertz CT molecular complexity index is 540. The highest BCUT2D eigenvalue weighted by atomic mass is 35.5. The molecule has 0 aromatic carbocycles. The molecule has 0 radical (unpaired) electrons. The van der Waals surface area contributed by atoms with Crippen molar-refractivity contribution in [2.75, 3.05) is 25.6 Å². The predicted molar refractivity (Wildman–Crippen MR) is 80.4 cm³/mol. The van der Waals surface area contributed by atoms with Gasteiger partial charge >= 0.3 is 0 Å².